The van der Waals surface area contributed by atoms with Crippen LogP contribution in [0.1, 0.15) is 31.7 Å². The predicted octanol–water partition coefficient (Wildman–Crippen LogP) is 3.39. The van der Waals surface area contributed by atoms with E-state index in [9.17, 15) is 4.79 Å². The van der Waals surface area contributed by atoms with Crippen LogP contribution in [-0.2, 0) is 11.2 Å². The Morgan fingerprint density at radius 2 is 2.16 bits per heavy atom. The van der Waals surface area contributed by atoms with Crippen molar-refractivity contribution in [3.63, 3.8) is 0 Å². The van der Waals surface area contributed by atoms with Crippen LogP contribution >= 0.6 is 0 Å². The largest absolute Gasteiger partial charge is 0.453 e. The first-order chi connectivity index (χ1) is 9.13. The Balaban J connectivity index is 2.05. The zero-order valence-electron chi connectivity index (χ0n) is 11.8. The molecule has 3 nitrogen and oxygen atoms in total. The van der Waals surface area contributed by atoms with Crippen molar-refractivity contribution in [3.8, 4) is 0 Å². The van der Waals surface area contributed by atoms with Gasteiger partial charge in [-0.3, -0.25) is 0 Å². The SMILES string of the molecule is COC(=O)NCC1(Cc2ccccc2)CCC(C)C1. The van der Waals surface area contributed by atoms with Crippen LogP contribution in [0.5, 0.6) is 0 Å². The first kappa shape index (κ1) is 13.9. The van der Waals surface area contributed by atoms with Gasteiger partial charge in [0.05, 0.1) is 7.11 Å². The molecule has 0 aromatic heterocycles. The molecule has 3 heteroatoms. The molecule has 2 rings (SSSR count). The van der Waals surface area contributed by atoms with Crippen molar-refractivity contribution in [2.24, 2.45) is 11.3 Å². The van der Waals surface area contributed by atoms with E-state index in [0.29, 0.717) is 6.54 Å². The highest BCUT2D eigenvalue weighted by atomic mass is 16.5. The number of benzene rings is 1. The van der Waals surface area contributed by atoms with Gasteiger partial charge in [-0.05, 0) is 36.2 Å². The smallest absolute Gasteiger partial charge is 0.406 e. The van der Waals surface area contributed by atoms with Gasteiger partial charge >= 0.3 is 6.09 Å². The summed E-state index contributed by atoms with van der Waals surface area (Å²) in [5.74, 6) is 0.739. The molecule has 1 aliphatic rings. The first-order valence-electron chi connectivity index (χ1n) is 6.99. The number of carbonyl (C=O) groups is 1. The van der Waals surface area contributed by atoms with E-state index in [1.807, 2.05) is 6.07 Å². The monoisotopic (exact) mass is 261 g/mol. The third kappa shape index (κ3) is 3.72. The average Bonchev–Trinajstić information content (AvgIpc) is 2.79. The second-order valence-electron chi connectivity index (χ2n) is 5.86. The maximum atomic E-state index is 11.3. The minimum atomic E-state index is -0.327. The van der Waals surface area contributed by atoms with Gasteiger partial charge in [-0.1, -0.05) is 43.7 Å². The summed E-state index contributed by atoms with van der Waals surface area (Å²) in [6.07, 6.45) is 4.29. The number of carbonyl (C=O) groups excluding carboxylic acids is 1. The number of hydrogen-bond donors (Lipinski definition) is 1. The summed E-state index contributed by atoms with van der Waals surface area (Å²) in [6, 6.07) is 10.5. The van der Waals surface area contributed by atoms with Crippen LogP contribution < -0.4 is 5.32 Å². The Bertz CT molecular complexity index is 418. The van der Waals surface area contributed by atoms with Crippen LogP contribution in [0.4, 0.5) is 4.79 Å². The van der Waals surface area contributed by atoms with E-state index < -0.39 is 0 Å². The minimum Gasteiger partial charge on any atom is -0.453 e. The van der Waals surface area contributed by atoms with Gasteiger partial charge in [-0.15, -0.1) is 0 Å². The molecule has 0 radical (unpaired) electrons. The summed E-state index contributed by atoms with van der Waals surface area (Å²) in [7, 11) is 1.41. The van der Waals surface area contributed by atoms with Crippen molar-refractivity contribution in [2.75, 3.05) is 13.7 Å². The Hall–Kier alpha value is -1.51. The van der Waals surface area contributed by atoms with Crippen molar-refractivity contribution in [1.82, 2.24) is 5.32 Å². The van der Waals surface area contributed by atoms with Crippen LogP contribution in [0.25, 0.3) is 0 Å². The third-order valence-corrected chi connectivity index (χ3v) is 4.16. The molecule has 1 aromatic carbocycles. The van der Waals surface area contributed by atoms with Crippen LogP contribution in [0.15, 0.2) is 30.3 Å². The van der Waals surface area contributed by atoms with Crippen molar-refractivity contribution in [3.05, 3.63) is 35.9 Å². The Morgan fingerprint density at radius 1 is 1.42 bits per heavy atom. The number of rotatable bonds is 4. The highest BCUT2D eigenvalue weighted by Crippen LogP contribution is 2.43. The summed E-state index contributed by atoms with van der Waals surface area (Å²) < 4.78 is 4.68. The van der Waals surface area contributed by atoms with E-state index in [1.54, 1.807) is 0 Å². The number of methoxy groups -OCH3 is 1. The molecule has 2 unspecified atom stereocenters. The van der Waals surface area contributed by atoms with Crippen LogP contribution in [0.3, 0.4) is 0 Å². The van der Waals surface area contributed by atoms with Gasteiger partial charge in [0.15, 0.2) is 0 Å². The van der Waals surface area contributed by atoms with Gasteiger partial charge in [0.2, 0.25) is 0 Å². The van der Waals surface area contributed by atoms with Crippen LogP contribution in [-0.4, -0.2) is 19.7 Å². The Kier molecular flexibility index (Phi) is 4.46. The molecule has 1 amide bonds. The number of amides is 1. The summed E-state index contributed by atoms with van der Waals surface area (Å²) in [5, 5.41) is 2.89. The fourth-order valence-electron chi connectivity index (χ4n) is 3.24. The normalized spacial score (nSPS) is 26.1. The van der Waals surface area contributed by atoms with Gasteiger partial charge in [-0.25, -0.2) is 4.79 Å². The molecular formula is C16H23NO2. The van der Waals surface area contributed by atoms with E-state index in [0.717, 1.165) is 12.3 Å². The fourth-order valence-corrected chi connectivity index (χ4v) is 3.24. The van der Waals surface area contributed by atoms with Crippen molar-refractivity contribution >= 4 is 6.09 Å². The summed E-state index contributed by atoms with van der Waals surface area (Å²) in [6.45, 7) is 3.00. The molecule has 104 valence electrons. The van der Waals surface area contributed by atoms with E-state index in [2.05, 4.69) is 41.2 Å². The molecule has 0 heterocycles. The lowest BCUT2D eigenvalue weighted by Crippen LogP contribution is -2.37. The molecule has 0 aliphatic heterocycles. The third-order valence-electron chi connectivity index (χ3n) is 4.16. The second-order valence-corrected chi connectivity index (χ2v) is 5.86. The summed E-state index contributed by atoms with van der Waals surface area (Å²) in [5.41, 5.74) is 1.54. The Labute approximate surface area is 115 Å². The summed E-state index contributed by atoms with van der Waals surface area (Å²) >= 11 is 0. The first-order valence-corrected chi connectivity index (χ1v) is 6.99. The summed E-state index contributed by atoms with van der Waals surface area (Å²) in [4.78, 5) is 11.3. The van der Waals surface area contributed by atoms with Gasteiger partial charge in [0, 0.05) is 6.54 Å². The quantitative estimate of drug-likeness (QED) is 0.902. The van der Waals surface area contributed by atoms with Crippen LogP contribution in [0.2, 0.25) is 0 Å². The van der Waals surface area contributed by atoms with E-state index >= 15 is 0 Å². The molecule has 0 spiro atoms. The highest BCUT2D eigenvalue weighted by Gasteiger charge is 2.37. The molecular weight excluding hydrogens is 238 g/mol. The van der Waals surface area contributed by atoms with Crippen LogP contribution in [0, 0.1) is 11.3 Å². The van der Waals surface area contributed by atoms with E-state index in [1.165, 1.54) is 31.9 Å². The second kappa shape index (κ2) is 6.09. The Morgan fingerprint density at radius 3 is 2.74 bits per heavy atom. The van der Waals surface area contributed by atoms with E-state index in [-0.39, 0.29) is 11.5 Å². The molecule has 0 saturated heterocycles. The number of hydrogen-bond acceptors (Lipinski definition) is 2. The topological polar surface area (TPSA) is 38.3 Å². The van der Waals surface area contributed by atoms with Gasteiger partial charge in [0.25, 0.3) is 0 Å². The maximum absolute atomic E-state index is 11.3. The standard InChI is InChI=1S/C16H23NO2/c1-13-8-9-16(10-13,12-17-15(18)19-2)11-14-6-4-3-5-7-14/h3-7,13H,8-12H2,1-2H3,(H,17,18). The maximum Gasteiger partial charge on any atom is 0.406 e. The van der Waals surface area contributed by atoms with Gasteiger partial charge < -0.3 is 10.1 Å². The lowest BCUT2D eigenvalue weighted by Gasteiger charge is -2.29. The van der Waals surface area contributed by atoms with Gasteiger partial charge in [0.1, 0.15) is 0 Å². The zero-order valence-corrected chi connectivity index (χ0v) is 11.8. The van der Waals surface area contributed by atoms with Crippen molar-refractivity contribution in [1.29, 1.82) is 0 Å². The van der Waals surface area contributed by atoms with E-state index in [4.69, 9.17) is 0 Å². The molecule has 19 heavy (non-hydrogen) atoms. The lowest BCUT2D eigenvalue weighted by molar-refractivity contribution is 0.161. The molecule has 0 bridgehead atoms. The molecule has 1 aromatic rings. The van der Waals surface area contributed by atoms with Crippen molar-refractivity contribution < 1.29 is 9.53 Å². The van der Waals surface area contributed by atoms with Crippen molar-refractivity contribution in [2.45, 2.75) is 32.6 Å². The fraction of sp³-hybridized carbons (Fsp3) is 0.562. The highest BCUT2D eigenvalue weighted by molar-refractivity contribution is 5.66. The lowest BCUT2D eigenvalue weighted by atomic mass is 9.79. The predicted molar refractivity (Wildman–Crippen MR) is 76.0 cm³/mol. The molecule has 1 fully saturated rings. The minimum absolute atomic E-state index is 0.189. The molecule has 2 atom stereocenters. The number of ether oxygens (including phenoxy) is 1. The molecule has 1 saturated carbocycles. The zero-order chi connectivity index (χ0) is 13.7. The molecule has 1 aliphatic carbocycles. The average molecular weight is 261 g/mol. The molecule has 1 N–H and O–H groups in total. The number of alkyl carbamates (subject to hydrolysis) is 1. The number of nitrogens with one attached hydrogen (secondary N) is 1. The van der Waals surface area contributed by atoms with Gasteiger partial charge in [-0.2, -0.15) is 0 Å².